The summed E-state index contributed by atoms with van der Waals surface area (Å²) in [5.74, 6) is 1.29. The van der Waals surface area contributed by atoms with Gasteiger partial charge in [-0.25, -0.2) is 9.78 Å². The van der Waals surface area contributed by atoms with Crippen molar-refractivity contribution < 1.29 is 15.0 Å². The molecule has 2 aliphatic rings. The maximum Gasteiger partial charge on any atom is 0.317 e. The zero-order valence-electron chi connectivity index (χ0n) is 14.3. The number of nitrogens with one attached hydrogen (secondary N) is 2. The van der Waals surface area contributed by atoms with Gasteiger partial charge in [0.1, 0.15) is 5.82 Å². The Labute approximate surface area is 146 Å². The highest BCUT2D eigenvalue weighted by Gasteiger charge is 2.42. The number of fused-ring (bicyclic) bond motifs is 2. The molecule has 2 heterocycles. The van der Waals surface area contributed by atoms with Gasteiger partial charge in [-0.15, -0.1) is 0 Å². The van der Waals surface area contributed by atoms with Crippen LogP contribution in [-0.4, -0.2) is 56.4 Å². The molecule has 0 unspecified atom stereocenters. The fraction of sp³-hybridized carbons (Fsp3) is 0.556. The summed E-state index contributed by atoms with van der Waals surface area (Å²) in [4.78, 5) is 22.0. The first-order valence-electron chi connectivity index (χ1n) is 8.84. The molecule has 25 heavy (non-hydrogen) atoms. The summed E-state index contributed by atoms with van der Waals surface area (Å²) in [6.07, 6.45) is -0.191. The second-order valence-electron chi connectivity index (χ2n) is 7.39. The van der Waals surface area contributed by atoms with E-state index in [1.165, 1.54) is 0 Å². The van der Waals surface area contributed by atoms with Gasteiger partial charge in [0.25, 0.3) is 0 Å². The third-order valence-electron chi connectivity index (χ3n) is 5.49. The number of hydrogen-bond donors (Lipinski definition) is 4. The van der Waals surface area contributed by atoms with Gasteiger partial charge < -0.3 is 25.4 Å². The minimum absolute atomic E-state index is 0.116. The number of nitrogens with zero attached hydrogens (tertiary/aromatic N) is 2. The predicted molar refractivity (Wildman–Crippen MR) is 92.9 cm³/mol. The number of aromatic nitrogens is 2. The molecule has 1 aliphatic heterocycles. The van der Waals surface area contributed by atoms with Gasteiger partial charge in [0, 0.05) is 13.1 Å². The van der Waals surface area contributed by atoms with Gasteiger partial charge in [-0.2, -0.15) is 0 Å². The van der Waals surface area contributed by atoms with E-state index in [1.807, 2.05) is 25.1 Å². The smallest absolute Gasteiger partial charge is 0.317 e. The summed E-state index contributed by atoms with van der Waals surface area (Å²) < 4.78 is 0. The van der Waals surface area contributed by atoms with Crippen molar-refractivity contribution in [3.05, 3.63) is 29.6 Å². The lowest BCUT2D eigenvalue weighted by atomic mass is 9.79. The highest BCUT2D eigenvalue weighted by Crippen LogP contribution is 2.36. The van der Waals surface area contributed by atoms with Crippen LogP contribution in [0.5, 0.6) is 0 Å². The third kappa shape index (κ3) is 3.21. The summed E-state index contributed by atoms with van der Waals surface area (Å²) in [6.45, 7) is 3.66. The molecule has 2 amide bonds. The fourth-order valence-corrected chi connectivity index (χ4v) is 4.10. The second kappa shape index (κ2) is 6.31. The molecule has 1 aromatic heterocycles. The van der Waals surface area contributed by atoms with Crippen LogP contribution in [0.1, 0.15) is 24.2 Å². The number of aryl methyl sites for hydroxylation is 1. The standard InChI is InChI=1S/C18H24N4O3/c1-10-2-3-13-14(4-10)21-17(20-13)7-19-18(25)22-8-11-5-15(23)16(24)6-12(11)9-22/h2-4,11-12,15-16,23-24H,5-9H2,1H3,(H,19,25)(H,20,21)/t11-,12+,15+,16-. The van der Waals surface area contributed by atoms with Gasteiger partial charge in [0.15, 0.2) is 0 Å². The summed E-state index contributed by atoms with van der Waals surface area (Å²) in [6, 6.07) is 5.90. The minimum Gasteiger partial charge on any atom is -0.390 e. The maximum atomic E-state index is 12.4. The average molecular weight is 344 g/mol. The number of likely N-dealkylation sites (tertiary alicyclic amines) is 1. The van der Waals surface area contributed by atoms with E-state index in [2.05, 4.69) is 15.3 Å². The summed E-state index contributed by atoms with van der Waals surface area (Å²) >= 11 is 0. The number of aromatic amines is 1. The monoisotopic (exact) mass is 344 g/mol. The molecule has 1 aliphatic carbocycles. The Morgan fingerprint density at radius 3 is 2.64 bits per heavy atom. The van der Waals surface area contributed by atoms with Crippen LogP contribution in [0.4, 0.5) is 4.79 Å². The number of urea groups is 1. The van der Waals surface area contributed by atoms with E-state index >= 15 is 0 Å². The van der Waals surface area contributed by atoms with Gasteiger partial charge in [0.05, 0.1) is 29.8 Å². The van der Waals surface area contributed by atoms with E-state index in [1.54, 1.807) is 4.90 Å². The molecule has 2 aromatic rings. The Bertz CT molecular complexity index is 772. The van der Waals surface area contributed by atoms with Gasteiger partial charge in [-0.3, -0.25) is 0 Å². The minimum atomic E-state index is -0.664. The lowest BCUT2D eigenvalue weighted by Crippen LogP contribution is -2.38. The molecule has 0 spiro atoms. The number of amides is 2. The Hall–Kier alpha value is -2.12. The quantitative estimate of drug-likeness (QED) is 0.656. The Kier molecular flexibility index (Phi) is 4.13. The highest BCUT2D eigenvalue weighted by molar-refractivity contribution is 5.76. The van der Waals surface area contributed by atoms with Crippen LogP contribution in [0.3, 0.4) is 0 Å². The van der Waals surface area contributed by atoms with E-state index in [4.69, 9.17) is 0 Å². The van der Waals surface area contributed by atoms with Crippen molar-refractivity contribution in [1.82, 2.24) is 20.2 Å². The Morgan fingerprint density at radius 2 is 1.96 bits per heavy atom. The number of carbonyl (C=O) groups excluding carboxylic acids is 1. The summed E-state index contributed by atoms with van der Waals surface area (Å²) in [5, 5.41) is 22.5. The van der Waals surface area contributed by atoms with Gasteiger partial charge in [0.2, 0.25) is 0 Å². The zero-order chi connectivity index (χ0) is 17.6. The van der Waals surface area contributed by atoms with Crippen LogP contribution in [0, 0.1) is 18.8 Å². The number of rotatable bonds is 2. The molecule has 4 atom stereocenters. The lowest BCUT2D eigenvalue weighted by Gasteiger charge is -2.31. The number of aliphatic hydroxyl groups excluding tert-OH is 2. The average Bonchev–Trinajstić information content (AvgIpc) is 3.16. The van der Waals surface area contributed by atoms with Crippen molar-refractivity contribution in [3.63, 3.8) is 0 Å². The molecule has 1 saturated carbocycles. The third-order valence-corrected chi connectivity index (χ3v) is 5.49. The van der Waals surface area contributed by atoms with Crippen molar-refractivity contribution >= 4 is 17.1 Å². The van der Waals surface area contributed by atoms with Crippen molar-refractivity contribution in [2.45, 2.75) is 38.5 Å². The SMILES string of the molecule is Cc1ccc2nc(CNC(=O)N3C[C@H]4C[C@H](O)[C@H](O)C[C@H]4C3)[nH]c2c1. The normalized spacial score (nSPS) is 29.0. The molecule has 0 radical (unpaired) electrons. The first kappa shape index (κ1) is 16.4. The Morgan fingerprint density at radius 1 is 1.28 bits per heavy atom. The van der Waals surface area contributed by atoms with Crippen LogP contribution < -0.4 is 5.32 Å². The summed E-state index contributed by atoms with van der Waals surface area (Å²) in [5.41, 5.74) is 3.03. The molecular formula is C18H24N4O3. The van der Waals surface area contributed by atoms with E-state index in [0.717, 1.165) is 22.4 Å². The molecule has 1 saturated heterocycles. The van der Waals surface area contributed by atoms with Crippen LogP contribution >= 0.6 is 0 Å². The topological polar surface area (TPSA) is 101 Å². The Balaban J connectivity index is 1.36. The number of aliphatic hydroxyl groups is 2. The zero-order valence-corrected chi connectivity index (χ0v) is 14.3. The molecule has 4 N–H and O–H groups in total. The number of H-pyrrole nitrogens is 1. The van der Waals surface area contributed by atoms with Crippen molar-refractivity contribution in [3.8, 4) is 0 Å². The number of hydrogen-bond acceptors (Lipinski definition) is 4. The van der Waals surface area contributed by atoms with Crippen molar-refractivity contribution in [2.24, 2.45) is 11.8 Å². The van der Waals surface area contributed by atoms with Crippen LogP contribution in [0.2, 0.25) is 0 Å². The molecule has 2 fully saturated rings. The van der Waals surface area contributed by atoms with Crippen molar-refractivity contribution in [1.29, 1.82) is 0 Å². The van der Waals surface area contributed by atoms with Crippen LogP contribution in [0.15, 0.2) is 18.2 Å². The molecule has 0 bridgehead atoms. The largest absolute Gasteiger partial charge is 0.390 e. The fourth-order valence-electron chi connectivity index (χ4n) is 4.10. The molecule has 4 rings (SSSR count). The second-order valence-corrected chi connectivity index (χ2v) is 7.39. The first-order valence-corrected chi connectivity index (χ1v) is 8.84. The van der Waals surface area contributed by atoms with E-state index in [-0.39, 0.29) is 17.9 Å². The van der Waals surface area contributed by atoms with Crippen molar-refractivity contribution in [2.75, 3.05) is 13.1 Å². The van der Waals surface area contributed by atoms with E-state index in [0.29, 0.717) is 32.5 Å². The van der Waals surface area contributed by atoms with E-state index < -0.39 is 12.2 Å². The summed E-state index contributed by atoms with van der Waals surface area (Å²) in [7, 11) is 0. The van der Waals surface area contributed by atoms with Gasteiger partial charge >= 0.3 is 6.03 Å². The predicted octanol–water partition coefficient (Wildman–Crippen LogP) is 1.14. The maximum absolute atomic E-state index is 12.4. The number of carbonyl (C=O) groups is 1. The van der Waals surface area contributed by atoms with Crippen LogP contribution in [-0.2, 0) is 6.54 Å². The number of imidazole rings is 1. The molecule has 1 aromatic carbocycles. The highest BCUT2D eigenvalue weighted by atomic mass is 16.3. The van der Waals surface area contributed by atoms with Gasteiger partial charge in [-0.1, -0.05) is 6.07 Å². The molecule has 7 heteroatoms. The molecule has 7 nitrogen and oxygen atoms in total. The van der Waals surface area contributed by atoms with Gasteiger partial charge in [-0.05, 0) is 49.3 Å². The lowest BCUT2D eigenvalue weighted by molar-refractivity contribution is -0.0372. The van der Waals surface area contributed by atoms with E-state index in [9.17, 15) is 15.0 Å². The number of benzene rings is 1. The van der Waals surface area contributed by atoms with Crippen LogP contribution in [0.25, 0.3) is 11.0 Å². The molecular weight excluding hydrogens is 320 g/mol. The molecule has 134 valence electrons. The first-order chi connectivity index (χ1) is 12.0.